The molecule has 0 aliphatic rings. The third-order valence-electron chi connectivity index (χ3n) is 10.9. The average Bonchev–Trinajstić information content (AvgIpc) is 3.23. The topological polar surface area (TPSA) is 0 Å². The number of hydrogen-bond donors (Lipinski definition) is 0. The average molecular weight is 704 g/mol. The van der Waals surface area contributed by atoms with Gasteiger partial charge in [0.05, 0.1) is 0 Å². The number of rotatable bonds is 4. The summed E-state index contributed by atoms with van der Waals surface area (Å²) in [6.07, 6.45) is 0. The molecule has 0 amide bonds. The van der Waals surface area contributed by atoms with Crippen LogP contribution in [0.1, 0.15) is 23.6 Å². The minimum atomic E-state index is 0.0346. The van der Waals surface area contributed by atoms with Crippen LogP contribution in [0, 0.1) is 6.92 Å². The van der Waals surface area contributed by atoms with Crippen molar-refractivity contribution in [3.63, 3.8) is 0 Å². The van der Waals surface area contributed by atoms with Crippen molar-refractivity contribution in [2.24, 2.45) is 0 Å². The second-order valence-electron chi connectivity index (χ2n) is 14.5. The molecule has 0 unspecified atom stereocenters. The molecule has 0 nitrogen and oxygen atoms in total. The zero-order valence-corrected chi connectivity index (χ0v) is 31.9. The molecule has 0 aromatic heterocycles. The minimum Gasteiger partial charge on any atom is -0.0616 e. The van der Waals surface area contributed by atoms with Crippen molar-refractivity contribution < 1.29 is 0 Å². The zero-order chi connectivity index (χ0) is 40.1. The van der Waals surface area contributed by atoms with Crippen molar-refractivity contribution in [3.05, 3.63) is 162 Å². The smallest absolute Gasteiger partial charge is 0.0184 e. The normalized spacial score (nSPS) is 11.8. The van der Waals surface area contributed by atoms with Crippen LogP contribution >= 0.6 is 0 Å². The van der Waals surface area contributed by atoms with Crippen molar-refractivity contribution in [1.82, 2.24) is 0 Å². The molecule has 0 spiro atoms. The Kier molecular flexibility index (Phi) is 10.3. The molecule has 15 radical (unpaired) electrons. The van der Waals surface area contributed by atoms with Crippen LogP contribution in [0.25, 0.3) is 81.6 Å². The third kappa shape index (κ3) is 6.64. The quantitative estimate of drug-likeness (QED) is 0.140. The summed E-state index contributed by atoms with van der Waals surface area (Å²) < 4.78 is 0. The minimum absolute atomic E-state index is 0.0346. The SMILES string of the molecule is [B]C(=[B])c1c(/C([B])=C(/[B])C)c(-c2cc3ccc4ccccc4c3c3ccccc23)c2c([B])c([B])c([B])c([B])c2c1-c1ccc(C)cc1.c1ccc2ccccc2c1. The Morgan fingerprint density at radius 1 is 0.439 bits per heavy atom. The van der Waals surface area contributed by atoms with Gasteiger partial charge in [-0.25, -0.2) is 0 Å². The van der Waals surface area contributed by atoms with Gasteiger partial charge < -0.3 is 0 Å². The summed E-state index contributed by atoms with van der Waals surface area (Å²) in [5.74, 6) is 0. The summed E-state index contributed by atoms with van der Waals surface area (Å²) in [4.78, 5) is 0. The molecule has 0 bridgehead atoms. The Balaban J connectivity index is 0.000000394. The maximum atomic E-state index is 6.98. The van der Waals surface area contributed by atoms with E-state index in [4.69, 9.17) is 62.4 Å². The van der Waals surface area contributed by atoms with Gasteiger partial charge >= 0.3 is 287 Å². The van der Waals surface area contributed by atoms with Crippen LogP contribution in [0.2, 0.25) is 0 Å². The number of aryl methyl sites for hydroxylation is 1. The fourth-order valence-electron chi connectivity index (χ4n) is 8.10. The number of benzene rings is 9. The zero-order valence-electron chi connectivity index (χ0n) is 31.9. The Hall–Kier alpha value is -5.59. The summed E-state index contributed by atoms with van der Waals surface area (Å²) >= 11 is 0. The molecule has 0 aliphatic carbocycles. The van der Waals surface area contributed by atoms with E-state index in [2.05, 4.69) is 97.1 Å². The molecule has 0 aliphatic heterocycles. The molecule has 57 heavy (non-hydrogen) atoms. The number of hydrogen-bond acceptors (Lipinski definition) is 0. The Bertz CT molecular complexity index is 3060. The molecule has 0 saturated heterocycles. The predicted molar refractivity (Wildman–Crippen MR) is 257 cm³/mol. The van der Waals surface area contributed by atoms with E-state index >= 15 is 0 Å². The van der Waals surface area contributed by atoms with Gasteiger partial charge in [0.15, 0.2) is 0 Å². The molecule has 0 heterocycles. The van der Waals surface area contributed by atoms with Crippen LogP contribution in [-0.4, -0.2) is 67.8 Å². The van der Waals surface area contributed by atoms with Gasteiger partial charge in [-0.1, -0.05) is 48.5 Å². The molecule has 0 atom stereocenters. The summed E-state index contributed by atoms with van der Waals surface area (Å²) in [7, 11) is 53.7. The molecule has 0 saturated carbocycles. The van der Waals surface area contributed by atoms with Crippen LogP contribution in [0.3, 0.4) is 0 Å². The molecule has 9 rings (SSSR count). The van der Waals surface area contributed by atoms with E-state index in [1.54, 1.807) is 6.92 Å². The van der Waals surface area contributed by atoms with E-state index in [-0.39, 0.29) is 27.2 Å². The van der Waals surface area contributed by atoms with Gasteiger partial charge in [0.2, 0.25) is 0 Å². The fourth-order valence-corrected chi connectivity index (χ4v) is 8.10. The first-order valence-electron chi connectivity index (χ1n) is 18.7. The number of fused-ring (bicyclic) bond motifs is 7. The molecular weight excluding hydrogens is 675 g/mol. The molecular formula is C49H29B8. The van der Waals surface area contributed by atoms with Crippen molar-refractivity contribution in [2.75, 3.05) is 0 Å². The van der Waals surface area contributed by atoms with Gasteiger partial charge in [0, 0.05) is 0 Å². The van der Waals surface area contributed by atoms with Gasteiger partial charge in [-0.2, -0.15) is 0 Å². The first-order chi connectivity index (χ1) is 27.5. The van der Waals surface area contributed by atoms with Gasteiger partial charge in [-0.3, -0.25) is 0 Å². The second kappa shape index (κ2) is 15.4. The van der Waals surface area contributed by atoms with E-state index in [0.29, 0.717) is 44.0 Å². The van der Waals surface area contributed by atoms with Crippen molar-refractivity contribution in [1.29, 1.82) is 0 Å². The second-order valence-corrected chi connectivity index (χ2v) is 14.5. The maximum Gasteiger partial charge on any atom is -0.0184 e. The Labute approximate surface area is 345 Å². The first-order valence-corrected chi connectivity index (χ1v) is 18.7. The molecule has 9 aromatic rings. The van der Waals surface area contributed by atoms with Crippen molar-refractivity contribution in [2.45, 2.75) is 13.8 Å². The maximum absolute atomic E-state index is 6.98. The number of allylic oxidation sites excluding steroid dienone is 1. The van der Waals surface area contributed by atoms with Gasteiger partial charge in [-0.05, 0) is 10.8 Å². The van der Waals surface area contributed by atoms with E-state index < -0.39 is 0 Å². The van der Waals surface area contributed by atoms with E-state index in [1.165, 1.54) is 10.8 Å². The summed E-state index contributed by atoms with van der Waals surface area (Å²) in [5.41, 5.74) is 6.58. The Morgan fingerprint density at radius 2 is 0.912 bits per heavy atom. The van der Waals surface area contributed by atoms with E-state index in [1.807, 2.05) is 49.4 Å². The summed E-state index contributed by atoms with van der Waals surface area (Å²) in [5, 5.41) is 10.3. The van der Waals surface area contributed by atoms with Crippen molar-refractivity contribution in [3.8, 4) is 22.3 Å². The molecule has 0 N–H and O–H groups in total. The summed E-state index contributed by atoms with van der Waals surface area (Å²) in [6.45, 7) is 3.75. The van der Waals surface area contributed by atoms with Crippen LogP contribution < -0.4 is 21.9 Å². The largest absolute Gasteiger partial charge is 0.0616 e. The first kappa shape index (κ1) is 38.3. The summed E-state index contributed by atoms with van der Waals surface area (Å²) in [6, 6.07) is 47.7. The monoisotopic (exact) mass is 705 g/mol. The van der Waals surface area contributed by atoms with Crippen molar-refractivity contribution >= 4 is 149 Å². The van der Waals surface area contributed by atoms with E-state index in [0.717, 1.165) is 49.0 Å². The predicted octanol–water partition coefficient (Wildman–Crippen LogP) is 6.80. The molecule has 249 valence electrons. The van der Waals surface area contributed by atoms with Gasteiger partial charge in [0.1, 0.15) is 0 Å². The molecule has 0 fully saturated rings. The third-order valence-corrected chi connectivity index (χ3v) is 10.9. The van der Waals surface area contributed by atoms with E-state index in [9.17, 15) is 0 Å². The van der Waals surface area contributed by atoms with Gasteiger partial charge in [-0.15, -0.1) is 0 Å². The molecule has 8 heteroatoms. The van der Waals surface area contributed by atoms with Crippen LogP contribution in [0.4, 0.5) is 0 Å². The van der Waals surface area contributed by atoms with Gasteiger partial charge in [0.25, 0.3) is 0 Å². The fraction of sp³-hybridized carbons (Fsp3) is 0.0408. The van der Waals surface area contributed by atoms with Crippen LogP contribution in [-0.2, 0) is 0 Å². The molecule has 9 aromatic carbocycles. The van der Waals surface area contributed by atoms with Crippen LogP contribution in [0.15, 0.2) is 145 Å². The Morgan fingerprint density at radius 3 is 1.46 bits per heavy atom. The van der Waals surface area contributed by atoms with Crippen LogP contribution in [0.5, 0.6) is 0 Å². The standard InChI is InChI=1S/C39H21B8.C10H8/c1-18-11-13-21(14-12-18)28-30-31(36(43)38(45)37(44)35(30)42)29(32(33(28)39(46)47)34(41)19(2)40)26-17-22-16-15-20-7-3-4-8-23(20)27(22)25-10-6-5-9-24(25)26;1-2-6-10-8-4-3-7-9(10)5-1/h3-17H,1-2H3;1-8H/b34-19-;.